The number of hydrogen-bond donors (Lipinski definition) is 1. The highest BCUT2D eigenvalue weighted by atomic mass is 79.9. The van der Waals surface area contributed by atoms with Crippen LogP contribution in [0.15, 0.2) is 54.6 Å². The van der Waals surface area contributed by atoms with Gasteiger partial charge in [-0.05, 0) is 47.8 Å². The Morgan fingerprint density at radius 3 is 2.27 bits per heavy atom. The fraction of sp³-hybridized carbons (Fsp3) is 0.440. The minimum absolute atomic E-state index is 0.102. The van der Waals surface area contributed by atoms with Crippen LogP contribution in [0.5, 0.6) is 0 Å². The van der Waals surface area contributed by atoms with Crippen LogP contribution in [-0.4, -0.2) is 21.1 Å². The largest absolute Gasteiger partial charge is 0.274 e. The highest BCUT2D eigenvalue weighted by Crippen LogP contribution is 2.52. The number of aryl methyl sites for hydroxylation is 1. The van der Waals surface area contributed by atoms with E-state index in [1.54, 1.807) is 5.01 Å². The van der Waals surface area contributed by atoms with E-state index in [0.717, 1.165) is 12.0 Å². The van der Waals surface area contributed by atoms with Gasteiger partial charge in [-0.15, -0.1) is 0 Å². The molecule has 5 heteroatoms. The van der Waals surface area contributed by atoms with Crippen LogP contribution >= 0.6 is 15.9 Å². The zero-order chi connectivity index (χ0) is 22.1. The van der Waals surface area contributed by atoms with Gasteiger partial charge < -0.3 is 0 Å². The molecule has 3 unspecified atom stereocenters. The molecule has 1 aliphatic rings. The minimum Gasteiger partial charge on any atom is -0.274 e. The quantitative estimate of drug-likeness (QED) is 0.587. The highest BCUT2D eigenvalue weighted by molar-refractivity contribution is 9.10. The molecule has 0 saturated carbocycles. The van der Waals surface area contributed by atoms with Crippen LogP contribution in [0.3, 0.4) is 0 Å². The Morgan fingerprint density at radius 1 is 1.10 bits per heavy atom. The number of nitrogens with zero attached hydrogens (tertiary/aromatic N) is 1. The minimum atomic E-state index is -0.821. The molecule has 2 aromatic rings. The number of hydrazine groups is 1. The third-order valence-electron chi connectivity index (χ3n) is 6.18. The van der Waals surface area contributed by atoms with Crippen molar-refractivity contribution in [1.29, 1.82) is 0 Å². The van der Waals surface area contributed by atoms with Crippen molar-refractivity contribution in [3.05, 3.63) is 71.3 Å². The maximum absolute atomic E-state index is 14.0. The summed E-state index contributed by atoms with van der Waals surface area (Å²) in [7, 11) is 0. The maximum Gasteiger partial charge on any atom is 0.259 e. The number of rotatable bonds is 3. The third-order valence-corrected chi connectivity index (χ3v) is 8.04. The second-order valence-corrected chi connectivity index (χ2v) is 10.7. The maximum atomic E-state index is 14.0. The third kappa shape index (κ3) is 4.31. The lowest BCUT2D eigenvalue weighted by Crippen LogP contribution is -2.57. The molecule has 2 amide bonds. The molecule has 0 aliphatic carbocycles. The molecule has 1 N–H and O–H groups in total. The highest BCUT2D eigenvalue weighted by Gasteiger charge is 2.53. The van der Waals surface area contributed by atoms with Gasteiger partial charge in [0.2, 0.25) is 5.91 Å². The van der Waals surface area contributed by atoms with Crippen molar-refractivity contribution in [2.45, 2.75) is 63.7 Å². The van der Waals surface area contributed by atoms with E-state index >= 15 is 0 Å². The van der Waals surface area contributed by atoms with Crippen molar-refractivity contribution < 1.29 is 9.59 Å². The lowest BCUT2D eigenvalue weighted by atomic mass is 9.73. The van der Waals surface area contributed by atoms with Gasteiger partial charge in [0.1, 0.15) is 4.32 Å². The van der Waals surface area contributed by atoms with E-state index < -0.39 is 4.32 Å². The van der Waals surface area contributed by atoms with Crippen molar-refractivity contribution in [1.82, 2.24) is 10.4 Å². The first kappa shape index (κ1) is 22.5. The number of alkyl halides is 1. The standard InChI is InChI=1S/C25H31BrN2O2/c1-17-11-9-10-14-21(17)20-15-22(19-12-7-6-8-13-19)28(27-18(2)29)23(30)25(26,16-20)24(3,4)5/h6-14,20,22H,15-16H2,1-5H3,(H,27,29). The first-order valence-electron chi connectivity index (χ1n) is 10.4. The summed E-state index contributed by atoms with van der Waals surface area (Å²) in [6, 6.07) is 18.1. The van der Waals surface area contributed by atoms with Crippen LogP contribution in [0.25, 0.3) is 0 Å². The summed E-state index contributed by atoms with van der Waals surface area (Å²) in [5.41, 5.74) is 5.99. The van der Waals surface area contributed by atoms with Crippen LogP contribution in [0.4, 0.5) is 0 Å². The SMILES string of the molecule is CC(=O)NN1C(=O)C(Br)(C(C)(C)C)CC(c2ccccc2C)CC1c1ccccc1. The summed E-state index contributed by atoms with van der Waals surface area (Å²) in [6.07, 6.45) is 1.38. The number of carbonyl (C=O) groups is 2. The van der Waals surface area contributed by atoms with E-state index in [1.165, 1.54) is 18.1 Å². The summed E-state index contributed by atoms with van der Waals surface area (Å²) in [6.45, 7) is 9.79. The second kappa shape index (κ2) is 8.54. The van der Waals surface area contributed by atoms with Crippen LogP contribution in [0, 0.1) is 12.3 Å². The molecule has 2 aromatic carbocycles. The van der Waals surface area contributed by atoms with Gasteiger partial charge in [0, 0.05) is 6.92 Å². The van der Waals surface area contributed by atoms with Gasteiger partial charge in [-0.1, -0.05) is 91.3 Å². The Hall–Kier alpha value is -2.14. The van der Waals surface area contributed by atoms with Crippen LogP contribution in [0.2, 0.25) is 0 Å². The van der Waals surface area contributed by atoms with Crippen LogP contribution in [0.1, 0.15) is 69.2 Å². The molecular formula is C25H31BrN2O2. The normalized spacial score (nSPS) is 25.0. The van der Waals surface area contributed by atoms with Crippen molar-refractivity contribution >= 4 is 27.7 Å². The molecule has 0 bridgehead atoms. The van der Waals surface area contributed by atoms with E-state index in [4.69, 9.17) is 0 Å². The predicted molar refractivity (Wildman–Crippen MR) is 124 cm³/mol. The van der Waals surface area contributed by atoms with E-state index in [0.29, 0.717) is 6.42 Å². The Kier molecular flexibility index (Phi) is 6.42. The molecule has 160 valence electrons. The van der Waals surface area contributed by atoms with E-state index in [2.05, 4.69) is 67.2 Å². The molecule has 1 fully saturated rings. The lowest BCUT2D eigenvalue weighted by Gasteiger charge is -2.42. The molecule has 1 aliphatic heterocycles. The smallest absolute Gasteiger partial charge is 0.259 e. The van der Waals surface area contributed by atoms with Gasteiger partial charge in [-0.2, -0.15) is 0 Å². The Morgan fingerprint density at radius 2 is 1.70 bits per heavy atom. The lowest BCUT2D eigenvalue weighted by molar-refractivity contribution is -0.147. The summed E-state index contributed by atoms with van der Waals surface area (Å²) >= 11 is 3.88. The molecule has 1 heterocycles. The fourth-order valence-corrected chi connectivity index (χ4v) is 4.97. The molecule has 3 rings (SSSR count). The summed E-state index contributed by atoms with van der Waals surface area (Å²) in [5.74, 6) is -0.199. The van der Waals surface area contributed by atoms with Crippen molar-refractivity contribution in [3.8, 4) is 0 Å². The predicted octanol–water partition coefficient (Wildman–Crippen LogP) is 5.67. The number of carbonyl (C=O) groups excluding carboxylic acids is 2. The zero-order valence-electron chi connectivity index (χ0n) is 18.4. The molecule has 0 radical (unpaired) electrons. The summed E-state index contributed by atoms with van der Waals surface area (Å²) < 4.78 is -0.821. The van der Waals surface area contributed by atoms with E-state index in [-0.39, 0.29) is 29.2 Å². The van der Waals surface area contributed by atoms with Gasteiger partial charge >= 0.3 is 0 Å². The monoisotopic (exact) mass is 470 g/mol. The molecule has 3 atom stereocenters. The Bertz CT molecular complexity index is 922. The summed E-state index contributed by atoms with van der Waals surface area (Å²) in [5, 5.41) is 1.57. The number of hydrogen-bond acceptors (Lipinski definition) is 2. The van der Waals surface area contributed by atoms with Gasteiger partial charge in [0.15, 0.2) is 0 Å². The van der Waals surface area contributed by atoms with Crippen molar-refractivity contribution in [2.24, 2.45) is 5.41 Å². The molecule has 0 spiro atoms. The number of nitrogens with one attached hydrogen (secondary N) is 1. The number of amides is 2. The van der Waals surface area contributed by atoms with Crippen molar-refractivity contribution in [2.75, 3.05) is 0 Å². The molecule has 4 nitrogen and oxygen atoms in total. The zero-order valence-corrected chi connectivity index (χ0v) is 20.0. The molecule has 1 saturated heterocycles. The number of halogens is 1. The molecule has 30 heavy (non-hydrogen) atoms. The Balaban J connectivity index is 2.19. The fourth-order valence-electron chi connectivity index (χ4n) is 4.38. The van der Waals surface area contributed by atoms with Gasteiger partial charge in [0.05, 0.1) is 6.04 Å². The van der Waals surface area contributed by atoms with Crippen molar-refractivity contribution in [3.63, 3.8) is 0 Å². The number of benzene rings is 2. The average molecular weight is 471 g/mol. The summed E-state index contributed by atoms with van der Waals surface area (Å²) in [4.78, 5) is 26.1. The Labute approximate surface area is 188 Å². The van der Waals surface area contributed by atoms with E-state index in [1.807, 2.05) is 36.4 Å². The van der Waals surface area contributed by atoms with Crippen LogP contribution < -0.4 is 5.43 Å². The molecular weight excluding hydrogens is 440 g/mol. The topological polar surface area (TPSA) is 49.4 Å². The average Bonchev–Trinajstić information content (AvgIpc) is 2.79. The van der Waals surface area contributed by atoms with Gasteiger partial charge in [0.25, 0.3) is 5.91 Å². The van der Waals surface area contributed by atoms with E-state index in [9.17, 15) is 9.59 Å². The first-order chi connectivity index (χ1) is 14.0. The van der Waals surface area contributed by atoms with Gasteiger partial charge in [-0.25, -0.2) is 5.01 Å². The molecule has 0 aromatic heterocycles. The second-order valence-electron chi connectivity index (χ2n) is 9.31. The van der Waals surface area contributed by atoms with Gasteiger partial charge in [-0.3, -0.25) is 15.0 Å². The first-order valence-corrected chi connectivity index (χ1v) is 11.2. The van der Waals surface area contributed by atoms with Crippen LogP contribution in [-0.2, 0) is 9.59 Å².